The first kappa shape index (κ1) is 13.3. The van der Waals surface area contributed by atoms with Gasteiger partial charge in [-0.25, -0.2) is 0 Å². The van der Waals surface area contributed by atoms with Crippen LogP contribution in [-0.2, 0) is 4.79 Å². The van der Waals surface area contributed by atoms with Crippen molar-refractivity contribution < 1.29 is 4.79 Å². The van der Waals surface area contributed by atoms with Crippen LogP contribution >= 0.6 is 15.9 Å². The fourth-order valence-corrected chi connectivity index (χ4v) is 2.51. The average molecular weight is 308 g/mol. The minimum Gasteiger partial charge on any atom is -0.350 e. The van der Waals surface area contributed by atoms with Crippen LogP contribution in [0.3, 0.4) is 0 Å². The average Bonchev–Trinajstić information content (AvgIpc) is 2.39. The van der Waals surface area contributed by atoms with Crippen molar-refractivity contribution in [2.75, 3.05) is 0 Å². The van der Waals surface area contributed by atoms with Crippen LogP contribution in [0, 0.1) is 0 Å². The van der Waals surface area contributed by atoms with Gasteiger partial charge in [-0.3, -0.25) is 4.79 Å². The van der Waals surface area contributed by atoms with Crippen molar-refractivity contribution in [3.05, 3.63) is 40.4 Å². The molecule has 0 bridgehead atoms. The lowest BCUT2D eigenvalue weighted by Gasteiger charge is -2.21. The monoisotopic (exact) mass is 307 g/mol. The number of nitrogens with one attached hydrogen (secondary N) is 1. The summed E-state index contributed by atoms with van der Waals surface area (Å²) in [5.74, 6) is 0.0184. The van der Waals surface area contributed by atoms with Crippen molar-refractivity contribution in [3.63, 3.8) is 0 Å². The van der Waals surface area contributed by atoms with Gasteiger partial charge < -0.3 is 5.32 Å². The highest BCUT2D eigenvalue weighted by Gasteiger charge is 2.13. The number of rotatable bonds is 3. The molecular weight excluding hydrogens is 290 g/mol. The molecule has 1 aromatic rings. The first-order valence-electron chi connectivity index (χ1n) is 6.48. The van der Waals surface area contributed by atoms with Crippen molar-refractivity contribution in [2.45, 2.75) is 38.1 Å². The van der Waals surface area contributed by atoms with Gasteiger partial charge in [-0.2, -0.15) is 0 Å². The Labute approximate surface area is 117 Å². The van der Waals surface area contributed by atoms with E-state index in [0.29, 0.717) is 6.04 Å². The van der Waals surface area contributed by atoms with Gasteiger partial charge in [0.25, 0.3) is 0 Å². The fraction of sp³-hybridized carbons (Fsp3) is 0.400. The minimum atomic E-state index is 0.0184. The van der Waals surface area contributed by atoms with E-state index >= 15 is 0 Å². The summed E-state index contributed by atoms with van der Waals surface area (Å²) in [4.78, 5) is 11.7. The van der Waals surface area contributed by atoms with Gasteiger partial charge in [0.15, 0.2) is 0 Å². The summed E-state index contributed by atoms with van der Waals surface area (Å²) in [6.07, 6.45) is 9.50. The van der Waals surface area contributed by atoms with Crippen LogP contribution in [-0.4, -0.2) is 11.9 Å². The van der Waals surface area contributed by atoms with E-state index < -0.39 is 0 Å². The van der Waals surface area contributed by atoms with Gasteiger partial charge in [0, 0.05) is 16.6 Å². The van der Waals surface area contributed by atoms with E-state index in [4.69, 9.17) is 0 Å². The first-order chi connectivity index (χ1) is 8.74. The zero-order valence-corrected chi connectivity index (χ0v) is 11.9. The molecule has 1 aliphatic rings. The Kier molecular flexibility index (Phi) is 5.00. The lowest BCUT2D eigenvalue weighted by molar-refractivity contribution is -0.117. The lowest BCUT2D eigenvalue weighted by atomic mass is 9.95. The Balaban J connectivity index is 1.84. The van der Waals surface area contributed by atoms with Crippen molar-refractivity contribution in [3.8, 4) is 0 Å². The maximum atomic E-state index is 11.7. The SMILES string of the molecule is O=C(/C=C\c1ccc(Br)cc1)NC1CCCCC1. The number of hydrogen-bond acceptors (Lipinski definition) is 1. The second kappa shape index (κ2) is 6.74. The summed E-state index contributed by atoms with van der Waals surface area (Å²) >= 11 is 3.39. The molecular formula is C15H18BrNO. The van der Waals surface area contributed by atoms with E-state index in [2.05, 4.69) is 21.2 Å². The van der Waals surface area contributed by atoms with Gasteiger partial charge in [0.05, 0.1) is 0 Å². The number of benzene rings is 1. The van der Waals surface area contributed by atoms with E-state index in [0.717, 1.165) is 22.9 Å². The molecule has 2 rings (SSSR count). The molecule has 0 atom stereocenters. The Morgan fingerprint density at radius 2 is 1.83 bits per heavy atom. The third-order valence-corrected chi connectivity index (χ3v) is 3.78. The van der Waals surface area contributed by atoms with Gasteiger partial charge in [-0.1, -0.05) is 47.3 Å². The van der Waals surface area contributed by atoms with E-state index in [1.807, 2.05) is 30.3 Å². The quantitative estimate of drug-likeness (QED) is 0.843. The molecule has 1 aliphatic carbocycles. The Hall–Kier alpha value is -1.09. The van der Waals surface area contributed by atoms with Crippen LogP contribution in [0.1, 0.15) is 37.7 Å². The predicted octanol–water partition coefficient (Wildman–Crippen LogP) is 3.91. The first-order valence-corrected chi connectivity index (χ1v) is 7.27. The normalized spacial score (nSPS) is 16.9. The van der Waals surface area contributed by atoms with Crippen LogP contribution in [0.25, 0.3) is 6.08 Å². The van der Waals surface area contributed by atoms with Crippen LogP contribution in [0.2, 0.25) is 0 Å². The zero-order valence-electron chi connectivity index (χ0n) is 10.4. The Morgan fingerprint density at radius 1 is 1.17 bits per heavy atom. The van der Waals surface area contributed by atoms with Gasteiger partial charge in [-0.05, 0) is 36.6 Å². The highest BCUT2D eigenvalue weighted by molar-refractivity contribution is 9.10. The van der Waals surface area contributed by atoms with Crippen molar-refractivity contribution in [1.82, 2.24) is 5.32 Å². The smallest absolute Gasteiger partial charge is 0.244 e. The molecule has 3 heteroatoms. The molecule has 1 fully saturated rings. The molecule has 0 unspecified atom stereocenters. The fourth-order valence-electron chi connectivity index (χ4n) is 2.24. The van der Waals surface area contributed by atoms with E-state index in [1.54, 1.807) is 6.08 Å². The molecule has 0 heterocycles. The number of halogens is 1. The molecule has 2 nitrogen and oxygen atoms in total. The van der Waals surface area contributed by atoms with Gasteiger partial charge in [-0.15, -0.1) is 0 Å². The second-order valence-electron chi connectivity index (χ2n) is 4.73. The zero-order chi connectivity index (χ0) is 12.8. The topological polar surface area (TPSA) is 29.1 Å². The highest BCUT2D eigenvalue weighted by atomic mass is 79.9. The number of carbonyl (C=O) groups is 1. The van der Waals surface area contributed by atoms with Crippen LogP contribution < -0.4 is 5.32 Å². The molecule has 0 aliphatic heterocycles. The number of amides is 1. The molecule has 0 spiro atoms. The van der Waals surface area contributed by atoms with Crippen LogP contribution in [0.5, 0.6) is 0 Å². The molecule has 18 heavy (non-hydrogen) atoms. The second-order valence-corrected chi connectivity index (χ2v) is 5.64. The maximum absolute atomic E-state index is 11.7. The van der Waals surface area contributed by atoms with Crippen LogP contribution in [0.15, 0.2) is 34.8 Å². The summed E-state index contributed by atoms with van der Waals surface area (Å²) in [6, 6.07) is 8.28. The maximum Gasteiger partial charge on any atom is 0.244 e. The standard InChI is InChI=1S/C15H18BrNO/c16-13-9-6-12(7-10-13)8-11-15(18)17-14-4-2-1-3-5-14/h6-11,14H,1-5H2,(H,17,18)/b11-8-. The van der Waals surface area contributed by atoms with Crippen LogP contribution in [0.4, 0.5) is 0 Å². The molecule has 1 aromatic carbocycles. The summed E-state index contributed by atoms with van der Waals surface area (Å²) in [5.41, 5.74) is 1.04. The van der Waals surface area contributed by atoms with E-state index in [-0.39, 0.29) is 5.91 Å². The lowest BCUT2D eigenvalue weighted by Crippen LogP contribution is -2.34. The van der Waals surface area contributed by atoms with Crippen molar-refractivity contribution >= 4 is 27.9 Å². The summed E-state index contributed by atoms with van der Waals surface area (Å²) in [5, 5.41) is 3.07. The Bertz CT molecular complexity index is 419. The summed E-state index contributed by atoms with van der Waals surface area (Å²) in [6.45, 7) is 0. The molecule has 0 radical (unpaired) electrons. The van der Waals surface area contributed by atoms with E-state index in [1.165, 1.54) is 19.3 Å². The predicted molar refractivity (Wildman–Crippen MR) is 78.2 cm³/mol. The number of hydrogen-bond donors (Lipinski definition) is 1. The van der Waals surface area contributed by atoms with E-state index in [9.17, 15) is 4.79 Å². The molecule has 1 N–H and O–H groups in total. The third kappa shape index (κ3) is 4.30. The largest absolute Gasteiger partial charge is 0.350 e. The van der Waals surface area contributed by atoms with Gasteiger partial charge in [0.2, 0.25) is 5.91 Å². The minimum absolute atomic E-state index is 0.0184. The molecule has 0 saturated heterocycles. The molecule has 0 aromatic heterocycles. The third-order valence-electron chi connectivity index (χ3n) is 3.25. The number of carbonyl (C=O) groups excluding carboxylic acids is 1. The molecule has 1 amide bonds. The highest BCUT2D eigenvalue weighted by Crippen LogP contribution is 2.17. The van der Waals surface area contributed by atoms with Gasteiger partial charge in [0.1, 0.15) is 0 Å². The van der Waals surface area contributed by atoms with Crippen molar-refractivity contribution in [1.29, 1.82) is 0 Å². The van der Waals surface area contributed by atoms with Crippen molar-refractivity contribution in [2.24, 2.45) is 0 Å². The van der Waals surface area contributed by atoms with Gasteiger partial charge >= 0.3 is 0 Å². The Morgan fingerprint density at radius 3 is 2.50 bits per heavy atom. The summed E-state index contributed by atoms with van der Waals surface area (Å²) < 4.78 is 1.05. The molecule has 96 valence electrons. The molecule has 1 saturated carbocycles. The summed E-state index contributed by atoms with van der Waals surface area (Å²) in [7, 11) is 0.